The topological polar surface area (TPSA) is 95.9 Å². The second-order valence-corrected chi connectivity index (χ2v) is 19.4. The molecule has 0 bridgehead atoms. The number of rotatable bonds is 51. The van der Waals surface area contributed by atoms with Crippen molar-refractivity contribution < 1.29 is 24.5 Å². The van der Waals surface area contributed by atoms with E-state index in [1.54, 1.807) is 0 Å². The second kappa shape index (κ2) is 52.8. The Morgan fingerprint density at radius 2 is 0.785 bits per heavy atom. The van der Waals surface area contributed by atoms with Crippen LogP contribution in [-0.2, 0) is 14.3 Å². The summed E-state index contributed by atoms with van der Waals surface area (Å²) in [5.41, 5.74) is 0. The number of hydrogen-bond donors (Lipinski definition) is 3. The van der Waals surface area contributed by atoms with Crippen molar-refractivity contribution in [3.8, 4) is 0 Å². The number of allylic oxidation sites excluding steroid dienone is 8. The Bertz CT molecular complexity index is 1110. The van der Waals surface area contributed by atoms with Gasteiger partial charge in [0.25, 0.3) is 0 Å². The zero-order valence-electron chi connectivity index (χ0n) is 43.4. The second-order valence-electron chi connectivity index (χ2n) is 19.4. The lowest BCUT2D eigenvalue weighted by Gasteiger charge is -2.24. The highest BCUT2D eigenvalue weighted by atomic mass is 16.5. The highest BCUT2D eigenvalue weighted by Gasteiger charge is 2.24. The number of ether oxygens (including phenoxy) is 1. The zero-order chi connectivity index (χ0) is 47.4. The molecule has 380 valence electrons. The summed E-state index contributed by atoms with van der Waals surface area (Å²) in [6.45, 7) is 6.46. The molecule has 0 aliphatic heterocycles. The molecule has 0 spiro atoms. The van der Waals surface area contributed by atoms with Crippen LogP contribution in [0.3, 0.4) is 0 Å². The molecule has 0 saturated heterocycles. The van der Waals surface area contributed by atoms with Crippen LogP contribution in [-0.4, -0.2) is 46.9 Å². The summed E-state index contributed by atoms with van der Waals surface area (Å²) in [7, 11) is 0. The number of aliphatic hydroxyl groups is 2. The van der Waals surface area contributed by atoms with Crippen LogP contribution in [0.2, 0.25) is 0 Å². The molecular weight excluding hydrogens is 803 g/mol. The molecule has 0 aromatic heterocycles. The predicted molar refractivity (Wildman–Crippen MR) is 282 cm³/mol. The summed E-state index contributed by atoms with van der Waals surface area (Å²) >= 11 is 0. The Morgan fingerprint density at radius 1 is 0.446 bits per heavy atom. The van der Waals surface area contributed by atoms with Gasteiger partial charge in [-0.25, -0.2) is 0 Å². The van der Waals surface area contributed by atoms with Crippen LogP contribution in [0.25, 0.3) is 0 Å². The van der Waals surface area contributed by atoms with E-state index in [-0.39, 0.29) is 24.9 Å². The van der Waals surface area contributed by atoms with E-state index in [4.69, 9.17) is 4.74 Å². The first kappa shape index (κ1) is 62.8. The van der Waals surface area contributed by atoms with Crippen LogP contribution >= 0.6 is 0 Å². The Hall–Kier alpha value is -2.18. The van der Waals surface area contributed by atoms with Gasteiger partial charge in [-0.05, 0) is 70.6 Å². The van der Waals surface area contributed by atoms with E-state index in [2.05, 4.69) is 74.7 Å². The molecule has 0 aromatic rings. The smallest absolute Gasteiger partial charge is 0.306 e. The van der Waals surface area contributed by atoms with Gasteiger partial charge in [0.1, 0.15) is 6.10 Å². The van der Waals surface area contributed by atoms with Crippen molar-refractivity contribution in [3.05, 3.63) is 48.6 Å². The summed E-state index contributed by atoms with van der Waals surface area (Å²) in [5, 5.41) is 23.9. The summed E-state index contributed by atoms with van der Waals surface area (Å²) < 4.78 is 5.92. The zero-order valence-corrected chi connectivity index (χ0v) is 43.4. The molecule has 6 nitrogen and oxygen atoms in total. The molecule has 0 aliphatic carbocycles. The molecule has 0 aliphatic rings. The van der Waals surface area contributed by atoms with Crippen LogP contribution in [0.15, 0.2) is 48.6 Å². The number of amides is 1. The van der Waals surface area contributed by atoms with Gasteiger partial charge in [-0.3, -0.25) is 9.59 Å². The monoisotopic (exact) mass is 912 g/mol. The molecule has 0 saturated carbocycles. The molecule has 65 heavy (non-hydrogen) atoms. The van der Waals surface area contributed by atoms with Gasteiger partial charge in [0.2, 0.25) is 5.91 Å². The molecule has 3 unspecified atom stereocenters. The summed E-state index contributed by atoms with van der Waals surface area (Å²) in [5.74, 6) is -0.526. The van der Waals surface area contributed by atoms with Crippen LogP contribution in [0.5, 0.6) is 0 Å². The molecule has 0 fully saturated rings. The van der Waals surface area contributed by atoms with Crippen molar-refractivity contribution in [2.45, 2.75) is 309 Å². The lowest BCUT2D eigenvalue weighted by atomic mass is 10.0. The number of hydrogen-bond acceptors (Lipinski definition) is 5. The average Bonchev–Trinajstić information content (AvgIpc) is 3.30. The molecule has 0 rings (SSSR count). The Labute approximate surface area is 404 Å². The number of unbranched alkanes of at least 4 members (excludes halogenated alkanes) is 33. The van der Waals surface area contributed by atoms with Crippen molar-refractivity contribution in [3.63, 3.8) is 0 Å². The maximum absolute atomic E-state index is 13.2. The normalized spacial score (nSPS) is 13.5. The number of carbonyl (C=O) groups is 2. The van der Waals surface area contributed by atoms with Gasteiger partial charge in [0.15, 0.2) is 0 Å². The first-order valence-electron chi connectivity index (χ1n) is 28.4. The first-order valence-corrected chi connectivity index (χ1v) is 28.4. The van der Waals surface area contributed by atoms with Crippen LogP contribution in [0.4, 0.5) is 0 Å². The Morgan fingerprint density at radius 3 is 1.20 bits per heavy atom. The van der Waals surface area contributed by atoms with Crippen LogP contribution < -0.4 is 5.32 Å². The maximum Gasteiger partial charge on any atom is 0.306 e. The molecule has 0 heterocycles. The quantitative estimate of drug-likeness (QED) is 0.0321. The summed E-state index contributed by atoms with van der Waals surface area (Å²) in [4.78, 5) is 26.2. The SMILES string of the molecule is CCCCC/C=C/C=C/CCCCCCCCC(=O)OC(CCC/C=C/C=C/CCCCCCCCC)CC(=O)NC(CO)C(O)CCCCCCCCCCCCCCCCCCC. The molecule has 1 amide bonds. The van der Waals surface area contributed by atoms with Crippen molar-refractivity contribution >= 4 is 11.9 Å². The van der Waals surface area contributed by atoms with Gasteiger partial charge in [0, 0.05) is 6.42 Å². The highest BCUT2D eigenvalue weighted by molar-refractivity contribution is 5.77. The molecule has 6 heteroatoms. The maximum atomic E-state index is 13.2. The summed E-state index contributed by atoms with van der Waals surface area (Å²) in [6, 6.07) is -0.719. The number of esters is 1. The van der Waals surface area contributed by atoms with Gasteiger partial charge >= 0.3 is 5.97 Å². The Balaban J connectivity index is 4.58. The van der Waals surface area contributed by atoms with E-state index in [1.807, 2.05) is 0 Å². The fraction of sp³-hybridized carbons (Fsp3) is 0.831. The minimum Gasteiger partial charge on any atom is -0.462 e. The van der Waals surface area contributed by atoms with Crippen molar-refractivity contribution in [1.29, 1.82) is 0 Å². The van der Waals surface area contributed by atoms with Crippen LogP contribution in [0, 0.1) is 0 Å². The number of carbonyl (C=O) groups excluding carboxylic acids is 2. The minimum atomic E-state index is -0.802. The van der Waals surface area contributed by atoms with E-state index in [1.165, 1.54) is 180 Å². The molecular formula is C59H109NO5. The lowest BCUT2D eigenvalue weighted by Crippen LogP contribution is -2.46. The number of nitrogens with one attached hydrogen (secondary N) is 1. The number of aliphatic hydroxyl groups excluding tert-OH is 2. The van der Waals surface area contributed by atoms with E-state index < -0.39 is 18.2 Å². The highest BCUT2D eigenvalue weighted by Crippen LogP contribution is 2.18. The van der Waals surface area contributed by atoms with Gasteiger partial charge < -0.3 is 20.3 Å². The van der Waals surface area contributed by atoms with Gasteiger partial charge in [-0.15, -0.1) is 0 Å². The Kier molecular flexibility index (Phi) is 51.0. The van der Waals surface area contributed by atoms with E-state index >= 15 is 0 Å². The average molecular weight is 913 g/mol. The third-order valence-electron chi connectivity index (χ3n) is 12.9. The summed E-state index contributed by atoms with van der Waals surface area (Å²) in [6.07, 6.45) is 64.6. The van der Waals surface area contributed by atoms with Gasteiger partial charge in [0.05, 0.1) is 25.2 Å². The van der Waals surface area contributed by atoms with Crippen molar-refractivity contribution in [2.75, 3.05) is 6.61 Å². The first-order chi connectivity index (χ1) is 32.0. The fourth-order valence-electron chi connectivity index (χ4n) is 8.60. The molecule has 3 atom stereocenters. The van der Waals surface area contributed by atoms with Crippen LogP contribution in [0.1, 0.15) is 290 Å². The third-order valence-corrected chi connectivity index (χ3v) is 12.9. The van der Waals surface area contributed by atoms with Crippen molar-refractivity contribution in [1.82, 2.24) is 5.32 Å². The van der Waals surface area contributed by atoms with E-state index in [0.717, 1.165) is 64.2 Å². The molecule has 3 N–H and O–H groups in total. The minimum absolute atomic E-state index is 0.0409. The standard InChI is InChI=1S/C59H109NO5/c1-4-7-10-13-16-19-22-25-28-29-31-33-36-39-42-45-48-51-57(62)56(54-61)60-58(63)53-55(50-47-44-41-38-35-32-27-24-21-18-15-12-9-6-3)65-59(64)52-49-46-43-40-37-34-30-26-23-20-17-14-11-8-5-2/h17,20,23,26,32,35,38,41,55-57,61-62H,4-16,18-19,21-22,24-25,27-31,33-34,36-37,39-40,42-54H2,1-3H3,(H,60,63)/b20-17+,26-23+,35-32+,41-38+. The largest absolute Gasteiger partial charge is 0.462 e. The molecule has 0 radical (unpaired) electrons. The van der Waals surface area contributed by atoms with E-state index in [0.29, 0.717) is 19.3 Å². The third kappa shape index (κ3) is 48.1. The fourth-order valence-corrected chi connectivity index (χ4v) is 8.60. The van der Waals surface area contributed by atoms with Crippen molar-refractivity contribution in [2.24, 2.45) is 0 Å². The molecule has 0 aromatic carbocycles. The predicted octanol–water partition coefficient (Wildman–Crippen LogP) is 17.4. The van der Waals surface area contributed by atoms with Gasteiger partial charge in [-0.2, -0.15) is 0 Å². The van der Waals surface area contributed by atoms with E-state index in [9.17, 15) is 19.8 Å². The van der Waals surface area contributed by atoms with Gasteiger partial charge in [-0.1, -0.05) is 256 Å². The lowest BCUT2D eigenvalue weighted by molar-refractivity contribution is -0.151.